The summed E-state index contributed by atoms with van der Waals surface area (Å²) in [5.41, 5.74) is -0.746. The fraction of sp³-hybridized carbons (Fsp3) is 0.857. The molecular weight excluding hydrogens is 246 g/mol. The molecule has 5 nitrogen and oxygen atoms in total. The number of aliphatic carboxylic acids is 1. The van der Waals surface area contributed by atoms with Crippen LogP contribution in [0.1, 0.15) is 45.4 Å². The standard InChI is InChI=1S/C14H23NO4/c1-2-14(13(17)18)6-4-7-15(10-14)12(16)9-11-5-3-8-19-11/h11H,2-10H2,1H3,(H,17,18). The van der Waals surface area contributed by atoms with Gasteiger partial charge >= 0.3 is 5.97 Å². The van der Waals surface area contributed by atoms with E-state index in [0.717, 1.165) is 25.9 Å². The quantitative estimate of drug-likeness (QED) is 0.843. The zero-order valence-electron chi connectivity index (χ0n) is 11.6. The Morgan fingerprint density at radius 3 is 2.79 bits per heavy atom. The largest absolute Gasteiger partial charge is 0.481 e. The monoisotopic (exact) mass is 269 g/mol. The maximum atomic E-state index is 12.2. The third-order valence-corrected chi connectivity index (χ3v) is 4.49. The summed E-state index contributed by atoms with van der Waals surface area (Å²) in [4.78, 5) is 25.4. The molecule has 0 aromatic rings. The molecular formula is C14H23NO4. The topological polar surface area (TPSA) is 66.8 Å². The number of hydrogen-bond donors (Lipinski definition) is 1. The Bertz CT molecular complexity index is 351. The molecule has 2 aliphatic heterocycles. The average molecular weight is 269 g/mol. The lowest BCUT2D eigenvalue weighted by molar-refractivity contribution is -0.155. The van der Waals surface area contributed by atoms with E-state index in [1.165, 1.54) is 0 Å². The molecule has 0 aliphatic carbocycles. The number of carboxylic acid groups (broad SMARTS) is 1. The highest BCUT2D eigenvalue weighted by molar-refractivity contribution is 5.80. The number of nitrogens with zero attached hydrogens (tertiary/aromatic N) is 1. The number of rotatable bonds is 4. The van der Waals surface area contributed by atoms with Gasteiger partial charge in [0.15, 0.2) is 0 Å². The predicted octanol–water partition coefficient (Wildman–Crippen LogP) is 1.66. The minimum atomic E-state index is -0.774. The van der Waals surface area contributed by atoms with Crippen LogP contribution in [0, 0.1) is 5.41 Å². The fourth-order valence-corrected chi connectivity index (χ4v) is 3.09. The molecule has 2 rings (SSSR count). The molecule has 2 saturated heterocycles. The summed E-state index contributed by atoms with van der Waals surface area (Å²) < 4.78 is 5.48. The number of likely N-dealkylation sites (tertiary alicyclic amines) is 1. The van der Waals surface area contributed by atoms with Crippen molar-refractivity contribution in [3.63, 3.8) is 0 Å². The summed E-state index contributed by atoms with van der Waals surface area (Å²) >= 11 is 0. The summed E-state index contributed by atoms with van der Waals surface area (Å²) in [6.45, 7) is 3.67. The lowest BCUT2D eigenvalue weighted by atomic mass is 9.77. The van der Waals surface area contributed by atoms with Crippen molar-refractivity contribution in [3.8, 4) is 0 Å². The highest BCUT2D eigenvalue weighted by Gasteiger charge is 2.42. The highest BCUT2D eigenvalue weighted by Crippen LogP contribution is 2.34. The Balaban J connectivity index is 1.96. The zero-order valence-corrected chi connectivity index (χ0v) is 11.6. The van der Waals surface area contributed by atoms with E-state index < -0.39 is 11.4 Å². The molecule has 0 radical (unpaired) electrons. The van der Waals surface area contributed by atoms with Crippen molar-refractivity contribution in [3.05, 3.63) is 0 Å². The molecule has 2 unspecified atom stereocenters. The molecule has 0 aromatic carbocycles. The van der Waals surface area contributed by atoms with Crippen LogP contribution < -0.4 is 0 Å². The van der Waals surface area contributed by atoms with Crippen LogP contribution in [0.25, 0.3) is 0 Å². The number of carboxylic acids is 1. The van der Waals surface area contributed by atoms with E-state index in [1.807, 2.05) is 6.92 Å². The van der Waals surface area contributed by atoms with Gasteiger partial charge in [-0.05, 0) is 32.1 Å². The van der Waals surface area contributed by atoms with Crippen molar-refractivity contribution >= 4 is 11.9 Å². The molecule has 0 saturated carbocycles. The molecule has 19 heavy (non-hydrogen) atoms. The van der Waals surface area contributed by atoms with E-state index in [9.17, 15) is 14.7 Å². The highest BCUT2D eigenvalue weighted by atomic mass is 16.5. The number of carbonyl (C=O) groups is 2. The first kappa shape index (κ1) is 14.3. The fourth-order valence-electron chi connectivity index (χ4n) is 3.09. The maximum absolute atomic E-state index is 12.2. The predicted molar refractivity (Wildman–Crippen MR) is 69.8 cm³/mol. The molecule has 2 heterocycles. The van der Waals surface area contributed by atoms with E-state index >= 15 is 0 Å². The Morgan fingerprint density at radius 2 is 2.21 bits per heavy atom. The third kappa shape index (κ3) is 3.08. The summed E-state index contributed by atoms with van der Waals surface area (Å²) in [5, 5.41) is 9.41. The number of amides is 1. The number of piperidine rings is 1. The first-order valence-corrected chi connectivity index (χ1v) is 7.20. The molecule has 2 aliphatic rings. The van der Waals surface area contributed by atoms with Crippen molar-refractivity contribution in [2.24, 2.45) is 5.41 Å². The second kappa shape index (κ2) is 5.90. The molecule has 1 N–H and O–H groups in total. The van der Waals surface area contributed by atoms with Crippen LogP contribution in [-0.4, -0.2) is 47.7 Å². The minimum absolute atomic E-state index is 0.0373. The summed E-state index contributed by atoms with van der Waals surface area (Å²) in [7, 11) is 0. The Hall–Kier alpha value is -1.10. The average Bonchev–Trinajstić information content (AvgIpc) is 2.91. The molecule has 0 spiro atoms. The molecule has 1 amide bonds. The van der Waals surface area contributed by atoms with Crippen LogP contribution in [0.15, 0.2) is 0 Å². The summed E-state index contributed by atoms with van der Waals surface area (Å²) in [6, 6.07) is 0. The van der Waals surface area contributed by atoms with Crippen molar-refractivity contribution in [2.75, 3.05) is 19.7 Å². The number of ether oxygens (including phenoxy) is 1. The Morgan fingerprint density at radius 1 is 1.42 bits per heavy atom. The number of carbonyl (C=O) groups excluding carboxylic acids is 1. The van der Waals surface area contributed by atoms with E-state index in [0.29, 0.717) is 32.4 Å². The van der Waals surface area contributed by atoms with Gasteiger partial charge in [0, 0.05) is 19.7 Å². The molecule has 2 fully saturated rings. The summed E-state index contributed by atoms with van der Waals surface area (Å²) in [5.74, 6) is -0.727. The van der Waals surface area contributed by atoms with Gasteiger partial charge in [-0.1, -0.05) is 6.92 Å². The van der Waals surface area contributed by atoms with Gasteiger partial charge < -0.3 is 14.7 Å². The van der Waals surface area contributed by atoms with E-state index in [-0.39, 0.29) is 12.0 Å². The lowest BCUT2D eigenvalue weighted by Gasteiger charge is -2.39. The van der Waals surface area contributed by atoms with Gasteiger partial charge in [-0.2, -0.15) is 0 Å². The first-order valence-electron chi connectivity index (χ1n) is 7.20. The van der Waals surface area contributed by atoms with Crippen LogP contribution in [0.3, 0.4) is 0 Å². The SMILES string of the molecule is CCC1(C(=O)O)CCCN(C(=O)CC2CCCO2)C1. The van der Waals surface area contributed by atoms with Gasteiger partial charge in [-0.25, -0.2) is 0 Å². The Labute approximate surface area is 113 Å². The van der Waals surface area contributed by atoms with E-state index in [4.69, 9.17) is 4.74 Å². The van der Waals surface area contributed by atoms with Crippen LogP contribution in [0.5, 0.6) is 0 Å². The van der Waals surface area contributed by atoms with Gasteiger partial charge in [-0.15, -0.1) is 0 Å². The Kier molecular flexibility index (Phi) is 4.45. The lowest BCUT2D eigenvalue weighted by Crippen LogP contribution is -2.50. The molecule has 108 valence electrons. The van der Waals surface area contributed by atoms with Crippen LogP contribution in [-0.2, 0) is 14.3 Å². The molecule has 2 atom stereocenters. The molecule has 5 heteroatoms. The minimum Gasteiger partial charge on any atom is -0.481 e. The van der Waals surface area contributed by atoms with Gasteiger partial charge in [0.2, 0.25) is 5.91 Å². The van der Waals surface area contributed by atoms with Crippen molar-refractivity contribution in [1.29, 1.82) is 0 Å². The van der Waals surface area contributed by atoms with Crippen molar-refractivity contribution in [2.45, 2.75) is 51.6 Å². The van der Waals surface area contributed by atoms with Gasteiger partial charge in [0.25, 0.3) is 0 Å². The maximum Gasteiger partial charge on any atom is 0.311 e. The zero-order chi connectivity index (χ0) is 13.9. The second-order valence-corrected chi connectivity index (χ2v) is 5.70. The van der Waals surface area contributed by atoms with Crippen molar-refractivity contribution in [1.82, 2.24) is 4.90 Å². The normalized spacial score (nSPS) is 31.4. The smallest absolute Gasteiger partial charge is 0.311 e. The van der Waals surface area contributed by atoms with E-state index in [1.54, 1.807) is 4.90 Å². The van der Waals surface area contributed by atoms with Crippen molar-refractivity contribution < 1.29 is 19.4 Å². The van der Waals surface area contributed by atoms with E-state index in [2.05, 4.69) is 0 Å². The van der Waals surface area contributed by atoms with Crippen LogP contribution in [0.4, 0.5) is 0 Å². The number of hydrogen-bond acceptors (Lipinski definition) is 3. The van der Waals surface area contributed by atoms with Gasteiger partial charge in [-0.3, -0.25) is 9.59 Å². The molecule has 0 bridgehead atoms. The van der Waals surface area contributed by atoms with Gasteiger partial charge in [0.05, 0.1) is 17.9 Å². The molecule has 0 aromatic heterocycles. The second-order valence-electron chi connectivity index (χ2n) is 5.70. The summed E-state index contributed by atoms with van der Waals surface area (Å²) in [6.07, 6.45) is 4.42. The van der Waals surface area contributed by atoms with Gasteiger partial charge in [0.1, 0.15) is 0 Å². The first-order chi connectivity index (χ1) is 9.07. The van der Waals surface area contributed by atoms with Crippen LogP contribution in [0.2, 0.25) is 0 Å². The van der Waals surface area contributed by atoms with Crippen LogP contribution >= 0.6 is 0 Å². The third-order valence-electron chi connectivity index (χ3n) is 4.49.